The SMILES string of the molecule is CC(C)[C@@H]1CC[C@@H](C)CC12OCC[C@@H](C[C@H]1CC=C[C@@H](CC=O)O1)O2. The van der Waals surface area contributed by atoms with Crippen molar-refractivity contribution in [2.75, 3.05) is 6.61 Å². The molecule has 1 aliphatic carbocycles. The molecule has 6 atom stereocenters. The quantitative estimate of drug-likeness (QED) is 0.548. The van der Waals surface area contributed by atoms with Gasteiger partial charge in [-0.15, -0.1) is 0 Å². The third kappa shape index (κ3) is 4.53. The van der Waals surface area contributed by atoms with E-state index in [9.17, 15) is 4.79 Å². The van der Waals surface area contributed by atoms with Crippen LogP contribution in [0, 0.1) is 17.8 Å². The van der Waals surface area contributed by atoms with Crippen LogP contribution in [0.3, 0.4) is 0 Å². The fourth-order valence-electron chi connectivity index (χ4n) is 4.87. The Balaban J connectivity index is 1.64. The molecule has 2 aliphatic heterocycles. The zero-order chi connectivity index (χ0) is 17.9. The Kier molecular flexibility index (Phi) is 6.35. The first-order valence-electron chi connectivity index (χ1n) is 10.1. The van der Waals surface area contributed by atoms with Gasteiger partial charge in [0.2, 0.25) is 0 Å². The van der Waals surface area contributed by atoms with Crippen LogP contribution in [0.2, 0.25) is 0 Å². The molecule has 3 aliphatic rings. The summed E-state index contributed by atoms with van der Waals surface area (Å²) in [5.41, 5.74) is 0. The molecule has 25 heavy (non-hydrogen) atoms. The summed E-state index contributed by atoms with van der Waals surface area (Å²) in [6, 6.07) is 0. The van der Waals surface area contributed by atoms with Crippen LogP contribution in [-0.4, -0.2) is 37.0 Å². The van der Waals surface area contributed by atoms with Gasteiger partial charge >= 0.3 is 0 Å². The monoisotopic (exact) mass is 350 g/mol. The van der Waals surface area contributed by atoms with Gasteiger partial charge in [-0.1, -0.05) is 39.3 Å². The van der Waals surface area contributed by atoms with E-state index in [2.05, 4.69) is 26.8 Å². The molecule has 1 saturated carbocycles. The molecule has 4 nitrogen and oxygen atoms in total. The fourth-order valence-corrected chi connectivity index (χ4v) is 4.87. The van der Waals surface area contributed by atoms with Gasteiger partial charge in [0.25, 0.3) is 0 Å². The second kappa shape index (κ2) is 8.32. The van der Waals surface area contributed by atoms with Gasteiger partial charge in [-0.3, -0.25) is 0 Å². The van der Waals surface area contributed by atoms with E-state index in [4.69, 9.17) is 14.2 Å². The van der Waals surface area contributed by atoms with E-state index in [1.807, 2.05) is 6.08 Å². The standard InChI is InChI=1S/C21H34O4/c1-15(2)20-8-7-16(3)14-21(20)23-12-10-19(25-21)13-18-6-4-5-17(24-18)9-11-22/h4-5,11,15-20H,6-10,12-14H2,1-3H3/t16-,17+,18-,19+,20+,21?/m1/s1. The molecule has 0 bridgehead atoms. The van der Waals surface area contributed by atoms with Crippen LogP contribution in [0.4, 0.5) is 0 Å². The predicted octanol–water partition coefficient (Wildman–Crippen LogP) is 4.27. The highest BCUT2D eigenvalue weighted by Gasteiger charge is 2.49. The molecule has 2 heterocycles. The Morgan fingerprint density at radius 3 is 2.84 bits per heavy atom. The van der Waals surface area contributed by atoms with Crippen LogP contribution in [0.1, 0.15) is 65.7 Å². The molecule has 0 radical (unpaired) electrons. The third-order valence-corrected chi connectivity index (χ3v) is 6.10. The van der Waals surface area contributed by atoms with Gasteiger partial charge in [-0.2, -0.15) is 0 Å². The first kappa shape index (κ1) is 19.1. The largest absolute Gasteiger partial charge is 0.370 e. The summed E-state index contributed by atoms with van der Waals surface area (Å²) in [6.45, 7) is 7.67. The topological polar surface area (TPSA) is 44.8 Å². The van der Waals surface area contributed by atoms with Gasteiger partial charge in [0, 0.05) is 25.2 Å². The van der Waals surface area contributed by atoms with Crippen molar-refractivity contribution in [2.24, 2.45) is 17.8 Å². The average molecular weight is 350 g/mol. The minimum absolute atomic E-state index is 0.0665. The molecular formula is C21H34O4. The molecule has 142 valence electrons. The zero-order valence-corrected chi connectivity index (χ0v) is 16.0. The van der Waals surface area contributed by atoms with E-state index in [1.54, 1.807) is 0 Å². The van der Waals surface area contributed by atoms with E-state index in [1.165, 1.54) is 12.8 Å². The first-order valence-corrected chi connectivity index (χ1v) is 10.1. The normalized spacial score (nSPS) is 42.0. The van der Waals surface area contributed by atoms with Gasteiger partial charge in [-0.05, 0) is 31.1 Å². The van der Waals surface area contributed by atoms with Crippen molar-refractivity contribution in [3.05, 3.63) is 12.2 Å². The second-order valence-corrected chi connectivity index (χ2v) is 8.52. The average Bonchev–Trinajstić information content (AvgIpc) is 2.55. The highest BCUT2D eigenvalue weighted by Crippen LogP contribution is 2.47. The van der Waals surface area contributed by atoms with Crippen LogP contribution in [0.5, 0.6) is 0 Å². The summed E-state index contributed by atoms with van der Waals surface area (Å²) in [7, 11) is 0. The smallest absolute Gasteiger partial charge is 0.171 e. The molecule has 0 aromatic rings. The second-order valence-electron chi connectivity index (χ2n) is 8.52. The van der Waals surface area contributed by atoms with Crippen molar-refractivity contribution in [1.29, 1.82) is 0 Å². The van der Waals surface area contributed by atoms with Gasteiger partial charge in [0.15, 0.2) is 5.79 Å². The van der Waals surface area contributed by atoms with E-state index in [-0.39, 0.29) is 18.3 Å². The number of carbonyl (C=O) groups excluding carboxylic acids is 1. The molecule has 0 aromatic heterocycles. The predicted molar refractivity (Wildman–Crippen MR) is 97.2 cm³/mol. The minimum atomic E-state index is -0.401. The lowest BCUT2D eigenvalue weighted by Crippen LogP contribution is -2.55. The Bertz CT molecular complexity index is 475. The summed E-state index contributed by atoms with van der Waals surface area (Å²) in [6.07, 6.45) is 12.0. The minimum Gasteiger partial charge on any atom is -0.370 e. The van der Waals surface area contributed by atoms with Gasteiger partial charge in [0.05, 0.1) is 24.9 Å². The van der Waals surface area contributed by atoms with Crippen molar-refractivity contribution >= 4 is 6.29 Å². The number of ether oxygens (including phenoxy) is 3. The van der Waals surface area contributed by atoms with Crippen LogP contribution < -0.4 is 0 Å². The number of rotatable bonds is 5. The van der Waals surface area contributed by atoms with Gasteiger partial charge in [0.1, 0.15) is 6.29 Å². The highest BCUT2D eigenvalue weighted by molar-refractivity contribution is 5.50. The maximum absolute atomic E-state index is 10.7. The van der Waals surface area contributed by atoms with Crippen molar-refractivity contribution in [2.45, 2.75) is 89.8 Å². The lowest BCUT2D eigenvalue weighted by atomic mass is 9.72. The number of hydrogen-bond donors (Lipinski definition) is 0. The summed E-state index contributed by atoms with van der Waals surface area (Å²) < 4.78 is 19.0. The molecule has 0 amide bonds. The molecule has 2 fully saturated rings. The molecule has 4 heteroatoms. The van der Waals surface area contributed by atoms with E-state index in [0.29, 0.717) is 24.2 Å². The molecule has 3 rings (SSSR count). The molecule has 1 unspecified atom stereocenters. The van der Waals surface area contributed by atoms with Crippen LogP contribution in [0.25, 0.3) is 0 Å². The van der Waals surface area contributed by atoms with E-state index in [0.717, 1.165) is 38.6 Å². The Morgan fingerprint density at radius 1 is 1.24 bits per heavy atom. The third-order valence-electron chi connectivity index (χ3n) is 6.10. The fraction of sp³-hybridized carbons (Fsp3) is 0.857. The van der Waals surface area contributed by atoms with Crippen LogP contribution in [0.15, 0.2) is 12.2 Å². The Morgan fingerprint density at radius 2 is 2.08 bits per heavy atom. The molecule has 0 aromatic carbocycles. The number of carbonyl (C=O) groups is 1. The lowest BCUT2D eigenvalue weighted by Gasteiger charge is -2.51. The summed E-state index contributed by atoms with van der Waals surface area (Å²) in [4.78, 5) is 10.7. The van der Waals surface area contributed by atoms with Crippen LogP contribution in [-0.2, 0) is 19.0 Å². The van der Waals surface area contributed by atoms with E-state index >= 15 is 0 Å². The highest BCUT2D eigenvalue weighted by atomic mass is 16.7. The summed E-state index contributed by atoms with van der Waals surface area (Å²) in [5.74, 6) is 1.29. The first-order chi connectivity index (χ1) is 12.0. The summed E-state index contributed by atoms with van der Waals surface area (Å²) >= 11 is 0. The molecule has 1 saturated heterocycles. The maximum Gasteiger partial charge on any atom is 0.171 e. The van der Waals surface area contributed by atoms with Crippen molar-refractivity contribution in [3.8, 4) is 0 Å². The van der Waals surface area contributed by atoms with E-state index < -0.39 is 5.79 Å². The maximum atomic E-state index is 10.7. The number of aldehydes is 1. The molecular weight excluding hydrogens is 316 g/mol. The van der Waals surface area contributed by atoms with Crippen LogP contribution >= 0.6 is 0 Å². The summed E-state index contributed by atoms with van der Waals surface area (Å²) in [5, 5.41) is 0. The van der Waals surface area contributed by atoms with Crippen molar-refractivity contribution in [3.63, 3.8) is 0 Å². The zero-order valence-electron chi connectivity index (χ0n) is 16.0. The number of hydrogen-bond acceptors (Lipinski definition) is 4. The lowest BCUT2D eigenvalue weighted by molar-refractivity contribution is -0.341. The van der Waals surface area contributed by atoms with Gasteiger partial charge in [-0.25, -0.2) is 0 Å². The Hall–Kier alpha value is -0.710. The molecule has 0 N–H and O–H groups in total. The van der Waals surface area contributed by atoms with Crippen molar-refractivity contribution < 1.29 is 19.0 Å². The Labute approximate surface area is 152 Å². The molecule has 1 spiro atoms. The van der Waals surface area contributed by atoms with Gasteiger partial charge < -0.3 is 19.0 Å². The van der Waals surface area contributed by atoms with Crippen molar-refractivity contribution in [1.82, 2.24) is 0 Å².